The Labute approximate surface area is 97.3 Å². The first kappa shape index (κ1) is 12.3. The SMILES string of the molecule is CC1(C)C(NCCOCCO)C2CCOC21. The van der Waals surface area contributed by atoms with Crippen LogP contribution in [0.4, 0.5) is 0 Å². The number of nitrogens with one attached hydrogen (secondary N) is 1. The lowest BCUT2D eigenvalue weighted by molar-refractivity contribution is -0.113. The third-order valence-corrected chi connectivity index (χ3v) is 3.95. The van der Waals surface area contributed by atoms with E-state index in [1.54, 1.807) is 0 Å². The maximum atomic E-state index is 8.58. The van der Waals surface area contributed by atoms with E-state index in [1.165, 1.54) is 6.42 Å². The summed E-state index contributed by atoms with van der Waals surface area (Å²) in [6.07, 6.45) is 1.63. The van der Waals surface area contributed by atoms with Crippen molar-refractivity contribution in [2.75, 3.05) is 33.0 Å². The Hall–Kier alpha value is -0.160. The average Bonchev–Trinajstić information content (AvgIpc) is 2.69. The van der Waals surface area contributed by atoms with Crippen LogP contribution in [0.25, 0.3) is 0 Å². The lowest BCUT2D eigenvalue weighted by Crippen LogP contribution is -2.66. The molecule has 0 amide bonds. The molecule has 0 radical (unpaired) electrons. The van der Waals surface area contributed by atoms with E-state index in [4.69, 9.17) is 14.6 Å². The van der Waals surface area contributed by atoms with Crippen LogP contribution in [0.15, 0.2) is 0 Å². The Bertz CT molecular complexity index is 232. The summed E-state index contributed by atoms with van der Waals surface area (Å²) in [4.78, 5) is 0. The van der Waals surface area contributed by atoms with Crippen molar-refractivity contribution in [1.82, 2.24) is 5.32 Å². The summed E-state index contributed by atoms with van der Waals surface area (Å²) in [5, 5.41) is 12.1. The smallest absolute Gasteiger partial charge is 0.0698 e. The standard InChI is InChI=1S/C12H23NO3/c1-12(2)10(9-3-6-16-11(9)12)13-4-7-15-8-5-14/h9-11,13-14H,3-8H2,1-2H3. The molecule has 4 heteroatoms. The molecule has 3 atom stereocenters. The van der Waals surface area contributed by atoms with E-state index < -0.39 is 0 Å². The van der Waals surface area contributed by atoms with Gasteiger partial charge in [-0.3, -0.25) is 0 Å². The zero-order valence-electron chi connectivity index (χ0n) is 10.2. The maximum absolute atomic E-state index is 8.58. The zero-order chi connectivity index (χ0) is 11.6. The van der Waals surface area contributed by atoms with E-state index in [1.807, 2.05) is 0 Å². The molecule has 0 bridgehead atoms. The van der Waals surface area contributed by atoms with Crippen LogP contribution in [0.5, 0.6) is 0 Å². The molecule has 4 nitrogen and oxygen atoms in total. The molecule has 2 N–H and O–H groups in total. The first-order valence-corrected chi connectivity index (χ1v) is 6.21. The number of fused-ring (bicyclic) bond motifs is 1. The number of rotatable bonds is 6. The minimum absolute atomic E-state index is 0.105. The largest absolute Gasteiger partial charge is 0.394 e. The summed E-state index contributed by atoms with van der Waals surface area (Å²) in [5.41, 5.74) is 0.248. The Kier molecular flexibility index (Phi) is 3.85. The van der Waals surface area contributed by atoms with Crippen molar-refractivity contribution < 1.29 is 14.6 Å². The molecule has 0 aromatic heterocycles. The molecule has 1 saturated carbocycles. The summed E-state index contributed by atoms with van der Waals surface area (Å²) in [7, 11) is 0. The highest BCUT2D eigenvalue weighted by Gasteiger charge is 2.58. The van der Waals surface area contributed by atoms with Gasteiger partial charge in [0.25, 0.3) is 0 Å². The predicted octanol–water partition coefficient (Wildman–Crippen LogP) is 0.398. The highest BCUT2D eigenvalue weighted by molar-refractivity contribution is 5.11. The first-order valence-electron chi connectivity index (χ1n) is 6.21. The highest BCUT2D eigenvalue weighted by Crippen LogP contribution is 2.51. The molecule has 3 unspecified atom stereocenters. The summed E-state index contributed by atoms with van der Waals surface area (Å²) < 4.78 is 11.0. The summed E-state index contributed by atoms with van der Waals surface area (Å²) in [6.45, 7) is 7.52. The molecular formula is C12H23NO3. The fourth-order valence-corrected chi connectivity index (χ4v) is 3.19. The predicted molar refractivity (Wildman–Crippen MR) is 61.3 cm³/mol. The minimum Gasteiger partial charge on any atom is -0.394 e. The molecule has 94 valence electrons. The Balaban J connectivity index is 1.69. The molecule has 2 rings (SSSR count). The van der Waals surface area contributed by atoms with Crippen molar-refractivity contribution in [3.05, 3.63) is 0 Å². The monoisotopic (exact) mass is 229 g/mol. The van der Waals surface area contributed by atoms with Crippen molar-refractivity contribution in [3.8, 4) is 0 Å². The van der Waals surface area contributed by atoms with Gasteiger partial charge in [-0.25, -0.2) is 0 Å². The Morgan fingerprint density at radius 1 is 1.44 bits per heavy atom. The molecule has 2 aliphatic rings. The average molecular weight is 229 g/mol. The van der Waals surface area contributed by atoms with Gasteiger partial charge in [-0.2, -0.15) is 0 Å². The fourth-order valence-electron chi connectivity index (χ4n) is 3.19. The fraction of sp³-hybridized carbons (Fsp3) is 1.00. The van der Waals surface area contributed by atoms with Gasteiger partial charge >= 0.3 is 0 Å². The quantitative estimate of drug-likeness (QED) is 0.647. The van der Waals surface area contributed by atoms with Crippen LogP contribution in [0.3, 0.4) is 0 Å². The van der Waals surface area contributed by atoms with Crippen molar-refractivity contribution in [2.24, 2.45) is 11.3 Å². The molecule has 16 heavy (non-hydrogen) atoms. The van der Waals surface area contributed by atoms with Gasteiger partial charge in [0.05, 0.1) is 25.9 Å². The van der Waals surface area contributed by atoms with Crippen LogP contribution in [0.2, 0.25) is 0 Å². The van der Waals surface area contributed by atoms with Gasteiger partial charge in [0.2, 0.25) is 0 Å². The molecular weight excluding hydrogens is 206 g/mol. The van der Waals surface area contributed by atoms with Crippen molar-refractivity contribution in [3.63, 3.8) is 0 Å². The van der Waals surface area contributed by atoms with Crippen LogP contribution in [-0.2, 0) is 9.47 Å². The van der Waals surface area contributed by atoms with Gasteiger partial charge in [-0.1, -0.05) is 13.8 Å². The number of aliphatic hydroxyl groups excluding tert-OH is 1. The molecule has 0 aromatic rings. The van der Waals surface area contributed by atoms with Crippen molar-refractivity contribution >= 4 is 0 Å². The van der Waals surface area contributed by atoms with Crippen LogP contribution in [0.1, 0.15) is 20.3 Å². The van der Waals surface area contributed by atoms with Gasteiger partial charge in [-0.15, -0.1) is 0 Å². The van der Waals surface area contributed by atoms with Gasteiger partial charge in [0, 0.05) is 30.5 Å². The molecule has 1 heterocycles. The van der Waals surface area contributed by atoms with Gasteiger partial charge < -0.3 is 19.9 Å². The second-order valence-corrected chi connectivity index (χ2v) is 5.33. The third-order valence-electron chi connectivity index (χ3n) is 3.95. The summed E-state index contributed by atoms with van der Waals surface area (Å²) >= 11 is 0. The van der Waals surface area contributed by atoms with Crippen molar-refractivity contribution in [1.29, 1.82) is 0 Å². The maximum Gasteiger partial charge on any atom is 0.0698 e. The van der Waals surface area contributed by atoms with Crippen LogP contribution in [0, 0.1) is 11.3 Å². The van der Waals surface area contributed by atoms with E-state index in [2.05, 4.69) is 19.2 Å². The van der Waals surface area contributed by atoms with Crippen LogP contribution >= 0.6 is 0 Å². The van der Waals surface area contributed by atoms with Gasteiger partial charge in [0.15, 0.2) is 0 Å². The van der Waals surface area contributed by atoms with Crippen molar-refractivity contribution in [2.45, 2.75) is 32.4 Å². The lowest BCUT2D eigenvalue weighted by atomic mass is 9.57. The first-order chi connectivity index (χ1) is 7.68. The molecule has 1 aliphatic carbocycles. The third kappa shape index (κ3) is 2.12. The van der Waals surface area contributed by atoms with Gasteiger partial charge in [0.1, 0.15) is 0 Å². The minimum atomic E-state index is 0.105. The highest BCUT2D eigenvalue weighted by atomic mass is 16.5. The summed E-state index contributed by atoms with van der Waals surface area (Å²) in [6, 6.07) is 0.553. The van der Waals surface area contributed by atoms with E-state index in [-0.39, 0.29) is 12.0 Å². The van der Waals surface area contributed by atoms with E-state index in [0.29, 0.717) is 31.3 Å². The van der Waals surface area contributed by atoms with Crippen LogP contribution in [-0.4, -0.2) is 50.2 Å². The normalized spacial score (nSPS) is 35.8. The van der Waals surface area contributed by atoms with Crippen LogP contribution < -0.4 is 5.32 Å². The van der Waals surface area contributed by atoms with E-state index in [9.17, 15) is 0 Å². The molecule has 0 spiro atoms. The van der Waals surface area contributed by atoms with Gasteiger partial charge in [-0.05, 0) is 6.42 Å². The summed E-state index contributed by atoms with van der Waals surface area (Å²) in [5.74, 6) is 0.688. The molecule has 0 aromatic carbocycles. The second-order valence-electron chi connectivity index (χ2n) is 5.33. The number of hydrogen-bond acceptors (Lipinski definition) is 4. The van der Waals surface area contributed by atoms with E-state index >= 15 is 0 Å². The van der Waals surface area contributed by atoms with E-state index in [0.717, 1.165) is 13.2 Å². The molecule has 1 aliphatic heterocycles. The number of hydrogen-bond donors (Lipinski definition) is 2. The molecule has 2 fully saturated rings. The second kappa shape index (κ2) is 5.00. The Morgan fingerprint density at radius 2 is 2.25 bits per heavy atom. The lowest BCUT2D eigenvalue weighted by Gasteiger charge is -2.55. The zero-order valence-corrected chi connectivity index (χ0v) is 10.2. The topological polar surface area (TPSA) is 50.7 Å². The number of aliphatic hydroxyl groups is 1. The number of ether oxygens (including phenoxy) is 2. The Morgan fingerprint density at radius 3 is 3.00 bits per heavy atom. The molecule has 1 saturated heterocycles.